The number of benzene rings is 6. The maximum absolute atomic E-state index is 13.5. The van der Waals surface area contributed by atoms with Gasteiger partial charge < -0.3 is 101 Å². The number of Topliss-reactive ketones (excluding diaryl/α,β-unsaturated/α-hetero) is 1. The number of nitrogens with one attached hydrogen (secondary N) is 6. The lowest BCUT2D eigenvalue weighted by Gasteiger charge is -2.36. The number of para-hydroxylation sites is 3. The molecule has 6 aromatic rings. The number of carboxylic acids is 3. The highest BCUT2D eigenvalue weighted by Crippen LogP contribution is 2.34. The minimum absolute atomic E-state index is 0.0364. The summed E-state index contributed by atoms with van der Waals surface area (Å²) in [7, 11) is 5.96. The van der Waals surface area contributed by atoms with Crippen molar-refractivity contribution in [1.82, 2.24) is 39.2 Å². The summed E-state index contributed by atoms with van der Waals surface area (Å²) in [5, 5.41) is 54.2. The molecule has 0 unspecified atom stereocenters. The molecule has 35 nitrogen and oxygen atoms in total. The summed E-state index contributed by atoms with van der Waals surface area (Å²) in [5.41, 5.74) is 6.79. The summed E-state index contributed by atoms with van der Waals surface area (Å²) in [6.45, 7) is 7.87. The van der Waals surface area contributed by atoms with Gasteiger partial charge in [-0.25, -0.2) is 14.4 Å². The van der Waals surface area contributed by atoms with Crippen LogP contribution in [0.5, 0.6) is 17.2 Å². The zero-order valence-corrected chi connectivity index (χ0v) is 69.0. The largest absolute Gasteiger partial charge is 0.495 e. The molecule has 5 atom stereocenters. The number of likely N-dealkylation sites (tertiary alicyclic amines) is 4. The van der Waals surface area contributed by atoms with E-state index in [0.717, 1.165) is 11.1 Å². The molecule has 0 radical (unpaired) electrons. The van der Waals surface area contributed by atoms with Gasteiger partial charge >= 0.3 is 36.0 Å². The lowest BCUT2D eigenvalue weighted by atomic mass is 9.93. The summed E-state index contributed by atoms with van der Waals surface area (Å²) in [6.07, 6.45) is 0.789. The number of nitrogens with zero attached hydrogens (tertiary/aromatic N) is 8. The zero-order chi connectivity index (χ0) is 87.1. The Kier molecular flexibility index (Phi) is 32.3. The van der Waals surface area contributed by atoms with Crippen molar-refractivity contribution < 1.29 is 102 Å². The molecule has 0 aliphatic carbocycles. The number of hydrogen-bond acceptors (Lipinski definition) is 20. The monoisotopic (exact) mass is 1690 g/mol. The van der Waals surface area contributed by atoms with Gasteiger partial charge in [0.15, 0.2) is 5.78 Å². The van der Waals surface area contributed by atoms with Crippen molar-refractivity contribution in [2.45, 2.75) is 102 Å². The van der Waals surface area contributed by atoms with Gasteiger partial charge in [0.1, 0.15) is 35.4 Å². The number of ether oxygens (including phenoxy) is 4. The van der Waals surface area contributed by atoms with Gasteiger partial charge in [0.05, 0.1) is 100 Å². The maximum Gasteiger partial charge on any atom is 0.323 e. The Hall–Kier alpha value is -12.4. The van der Waals surface area contributed by atoms with E-state index >= 15 is 0 Å². The lowest BCUT2D eigenvalue weighted by Crippen LogP contribution is -2.55. The van der Waals surface area contributed by atoms with E-state index in [9.17, 15) is 67.4 Å². The van der Waals surface area contributed by atoms with Crippen molar-refractivity contribution in [3.63, 3.8) is 0 Å². The van der Waals surface area contributed by atoms with Gasteiger partial charge in [-0.05, 0) is 121 Å². The van der Waals surface area contributed by atoms with Crippen molar-refractivity contribution in [2.24, 2.45) is 5.92 Å². The second-order valence-corrected chi connectivity index (χ2v) is 30.6. The van der Waals surface area contributed by atoms with Gasteiger partial charge in [-0.2, -0.15) is 0 Å². The number of anilines is 6. The predicted octanol–water partition coefficient (Wildman–Crippen LogP) is 6.83. The molecular weight excluding hydrogens is 1590 g/mol. The van der Waals surface area contributed by atoms with Crippen LogP contribution in [0.1, 0.15) is 66.3 Å². The average Bonchev–Trinajstić information content (AvgIpc) is 1.67. The number of aliphatic hydroxyl groups excluding tert-OH is 1. The van der Waals surface area contributed by atoms with Crippen molar-refractivity contribution in [3.8, 4) is 17.2 Å². The Labute approximate surface area is 704 Å². The number of piperazine rings is 2. The van der Waals surface area contributed by atoms with E-state index in [-0.39, 0.29) is 118 Å². The number of hydrogen-bond donors (Lipinski definition) is 10. The van der Waals surface area contributed by atoms with E-state index in [4.69, 9.17) is 45.9 Å². The average molecular weight is 1690 g/mol. The van der Waals surface area contributed by atoms with Crippen LogP contribution >= 0.6 is 11.6 Å². The molecule has 36 heteroatoms. The number of halogens is 1. The Morgan fingerprint density at radius 3 is 1.21 bits per heavy atom. The van der Waals surface area contributed by atoms with Crippen molar-refractivity contribution in [2.75, 3.05) is 159 Å². The minimum Gasteiger partial charge on any atom is -0.495 e. The molecule has 121 heavy (non-hydrogen) atoms. The number of aliphatic carboxylic acids is 3. The topological polar surface area (TPSA) is 438 Å². The molecule has 6 saturated heterocycles. The molecule has 0 aromatic heterocycles. The highest BCUT2D eigenvalue weighted by molar-refractivity contribution is 6.33. The van der Waals surface area contributed by atoms with Crippen LogP contribution < -0.4 is 46.1 Å². The molecule has 0 bridgehead atoms. The quantitative estimate of drug-likeness (QED) is 0.0280. The van der Waals surface area contributed by atoms with Crippen LogP contribution in [0.3, 0.4) is 0 Å². The van der Waals surface area contributed by atoms with Crippen LogP contribution in [0.2, 0.25) is 5.02 Å². The first kappa shape index (κ1) is 90.9. The van der Waals surface area contributed by atoms with Crippen LogP contribution in [0, 0.1) is 19.8 Å². The number of carboxylic acid groups (broad SMARTS) is 3. The number of urea groups is 3. The van der Waals surface area contributed by atoms with E-state index in [1.165, 1.54) is 31.1 Å². The van der Waals surface area contributed by atoms with Crippen LogP contribution in [0.15, 0.2) is 127 Å². The van der Waals surface area contributed by atoms with E-state index < -0.39 is 60.2 Å². The van der Waals surface area contributed by atoms with Crippen molar-refractivity contribution in [3.05, 3.63) is 160 Å². The standard InChI is InChI=1S/C30H38N4O7.C28H33N5O7.C27H32ClN5O7/c1-19-6-4-5-7-23(19)31-30(39)32-24-9-8-21(14-26(24)41-3)15-27(35)34-18-22(40-2)17-25(34)29(38)33-12-10-20(11-13-33)16-28(36)37;1-18-5-3-4-6-21(18)29-28(39)30-22-8-7-19(13-24(22)40-2)14-25(35)33-16-20(34)15-23(33)27(38)32-11-9-31(10-12-32)17-26(36)37;1-40-23-12-17(6-7-21(23)30-27(39)29-20-5-3-2-4-19(20)28)13-24(35)33-15-18(34)14-22(33)26(38)32-10-8-31(9-11-32)16-25(36)37/h4-9,14,20,22,25H,10-13,15-18H2,1-3H3,(H,36,37)(H2,31,32,39);3-8,13,23H,9-12,14-17H2,1-2H3,(H,36,37)(H2,29,30,39);2-7,12,18,22,34H,8-11,13-16H2,1H3,(H,36,37)(H2,29,30,39)/t22-,25+;23-;18-,22+/m101/s1. The fourth-order valence-corrected chi connectivity index (χ4v) is 15.5. The third-order valence-corrected chi connectivity index (χ3v) is 22.2. The van der Waals surface area contributed by atoms with Gasteiger partial charge in [0.2, 0.25) is 35.4 Å². The summed E-state index contributed by atoms with van der Waals surface area (Å²) in [6, 6.07) is 33.0. The Bertz CT molecular complexity index is 4780. The van der Waals surface area contributed by atoms with Crippen LogP contribution in [0.4, 0.5) is 48.5 Å². The first-order chi connectivity index (χ1) is 58.0. The molecule has 10 N–H and O–H groups in total. The number of amides is 12. The van der Waals surface area contributed by atoms with Gasteiger partial charge in [-0.1, -0.05) is 78.3 Å². The first-order valence-electron chi connectivity index (χ1n) is 39.6. The van der Waals surface area contributed by atoms with Gasteiger partial charge in [-0.15, -0.1) is 0 Å². The van der Waals surface area contributed by atoms with Crippen LogP contribution in [0.25, 0.3) is 0 Å². The second-order valence-electron chi connectivity index (χ2n) is 30.2. The fraction of sp³-hybridized carbons (Fsp3) is 0.424. The van der Waals surface area contributed by atoms with Gasteiger partial charge in [0.25, 0.3) is 0 Å². The molecule has 6 aliphatic rings. The Balaban J connectivity index is 0.000000190. The summed E-state index contributed by atoms with van der Waals surface area (Å²) in [5.74, 6) is -3.26. The lowest BCUT2D eigenvalue weighted by molar-refractivity contribution is -0.145. The highest BCUT2D eigenvalue weighted by Gasteiger charge is 2.45. The summed E-state index contributed by atoms with van der Waals surface area (Å²) < 4.78 is 21.9. The fourth-order valence-electron chi connectivity index (χ4n) is 15.3. The van der Waals surface area contributed by atoms with Crippen LogP contribution in [-0.2, 0) is 71.9 Å². The number of rotatable bonds is 25. The van der Waals surface area contributed by atoms with Crippen LogP contribution in [-0.4, -0.2) is 294 Å². The Morgan fingerprint density at radius 2 is 0.802 bits per heavy atom. The second kappa shape index (κ2) is 43.0. The zero-order valence-electron chi connectivity index (χ0n) is 68.2. The SMILES string of the molecule is COc1cc(CC(=O)N2CC(=O)C[C@H]2C(=O)N2CCN(CC(=O)O)CC2)ccc1NC(=O)Nc1ccccc1C.COc1cc(CC(=O)N2C[C@H](O)C[C@H]2C(=O)N2CCN(CC(=O)O)CC2)ccc1NC(=O)Nc1ccccc1Cl.COc1cc(CC(=O)N2C[C@H](OC)C[C@H]2C(=O)N2CCC(CC(=O)O)CC2)ccc1NC(=O)Nc1ccccc1C. The summed E-state index contributed by atoms with van der Waals surface area (Å²) in [4.78, 5) is 175. The number of carbonyl (C=O) groups excluding carboxylic acids is 10. The van der Waals surface area contributed by atoms with E-state index in [2.05, 4.69) is 31.9 Å². The number of methoxy groups -OCH3 is 4. The molecule has 0 saturated carbocycles. The molecule has 646 valence electrons. The third-order valence-electron chi connectivity index (χ3n) is 21.8. The number of carbonyl (C=O) groups is 13. The molecule has 6 fully saturated rings. The number of β-amino-alcohol motifs (C(OH)–C–C–N with tert-alkyl or cyclic N) is 1. The smallest absolute Gasteiger partial charge is 0.323 e. The van der Waals surface area contributed by atoms with Crippen molar-refractivity contribution >= 4 is 123 Å². The summed E-state index contributed by atoms with van der Waals surface area (Å²) >= 11 is 6.09. The van der Waals surface area contributed by atoms with E-state index in [1.54, 1.807) is 121 Å². The number of aryl methyl sites for hydroxylation is 2. The maximum atomic E-state index is 13.5. The molecule has 6 aliphatic heterocycles. The molecular formula is C85H103ClN14O21. The van der Waals surface area contributed by atoms with E-state index in [0.29, 0.717) is 164 Å². The molecule has 12 amide bonds. The number of piperidine rings is 1. The molecule has 0 spiro atoms. The van der Waals surface area contributed by atoms with Gasteiger partial charge in [0, 0.05) is 123 Å². The highest BCUT2D eigenvalue weighted by atomic mass is 35.5. The molecule has 12 rings (SSSR count). The Morgan fingerprint density at radius 1 is 0.430 bits per heavy atom. The number of ketones is 1. The first-order valence-corrected chi connectivity index (χ1v) is 40.0. The van der Waals surface area contributed by atoms with Crippen molar-refractivity contribution in [1.29, 1.82) is 0 Å². The van der Waals surface area contributed by atoms with E-state index in [1.807, 2.05) is 56.3 Å². The third kappa shape index (κ3) is 25.3. The van der Waals surface area contributed by atoms with Gasteiger partial charge in [-0.3, -0.25) is 57.7 Å². The molecule has 6 aromatic carbocycles. The predicted molar refractivity (Wildman–Crippen MR) is 447 cm³/mol. The number of aliphatic hydroxyl groups is 1. The minimum atomic E-state index is -0.927. The molecule has 6 heterocycles. The normalized spacial score (nSPS) is 18.6.